The molecule has 150 valence electrons. The van der Waals surface area contributed by atoms with E-state index in [4.69, 9.17) is 0 Å². The number of likely N-dealkylation sites (tertiary alicyclic amines) is 1. The molecule has 1 saturated heterocycles. The third-order valence-corrected chi connectivity index (χ3v) is 7.75. The average molecular weight is 404 g/mol. The number of sulfone groups is 1. The topological polar surface area (TPSA) is 92.5 Å². The zero-order chi connectivity index (χ0) is 19.7. The SMILES string of the molecule is O=C(CCS(=O)(=O)c1ccccc1)N1C[C@H]2C[C@@H](n3cccn3)[C@H](O)C[C@H]2C1. The van der Waals surface area contributed by atoms with Crippen LogP contribution in [0.3, 0.4) is 0 Å². The van der Waals surface area contributed by atoms with Gasteiger partial charge in [-0.1, -0.05) is 18.2 Å². The van der Waals surface area contributed by atoms with Gasteiger partial charge in [-0.25, -0.2) is 8.42 Å². The molecule has 1 aliphatic carbocycles. The smallest absolute Gasteiger partial charge is 0.223 e. The minimum Gasteiger partial charge on any atom is -0.391 e. The van der Waals surface area contributed by atoms with E-state index in [1.807, 2.05) is 12.3 Å². The number of carbonyl (C=O) groups is 1. The molecule has 2 aromatic rings. The second-order valence-electron chi connectivity index (χ2n) is 7.79. The third-order valence-electron chi connectivity index (χ3n) is 6.01. The number of fused-ring (bicyclic) bond motifs is 1. The number of rotatable bonds is 5. The van der Waals surface area contributed by atoms with E-state index in [1.165, 1.54) is 0 Å². The molecule has 1 aromatic heterocycles. The van der Waals surface area contributed by atoms with Crippen LogP contribution in [0.4, 0.5) is 0 Å². The van der Waals surface area contributed by atoms with Crippen LogP contribution in [0.15, 0.2) is 53.7 Å². The number of aromatic nitrogens is 2. The van der Waals surface area contributed by atoms with Gasteiger partial charge in [0.25, 0.3) is 0 Å². The fourth-order valence-electron chi connectivity index (χ4n) is 4.50. The van der Waals surface area contributed by atoms with Crippen LogP contribution in [0.2, 0.25) is 0 Å². The van der Waals surface area contributed by atoms with Crippen molar-refractivity contribution in [3.63, 3.8) is 0 Å². The molecule has 0 radical (unpaired) electrons. The molecule has 1 aromatic carbocycles. The van der Waals surface area contributed by atoms with E-state index in [0.717, 1.165) is 6.42 Å². The van der Waals surface area contributed by atoms with Crippen LogP contribution in [0.5, 0.6) is 0 Å². The number of carbonyl (C=O) groups excluding carboxylic acids is 1. The number of benzene rings is 1. The Hall–Kier alpha value is -2.19. The lowest BCUT2D eigenvalue weighted by atomic mass is 9.77. The van der Waals surface area contributed by atoms with Gasteiger partial charge >= 0.3 is 0 Å². The van der Waals surface area contributed by atoms with E-state index in [1.54, 1.807) is 46.1 Å². The Morgan fingerprint density at radius 1 is 1.11 bits per heavy atom. The van der Waals surface area contributed by atoms with Crippen molar-refractivity contribution in [3.05, 3.63) is 48.8 Å². The summed E-state index contributed by atoms with van der Waals surface area (Å²) < 4.78 is 26.6. The van der Waals surface area contributed by atoms with Crippen LogP contribution in [-0.2, 0) is 14.6 Å². The lowest BCUT2D eigenvalue weighted by Gasteiger charge is -2.35. The van der Waals surface area contributed by atoms with Crippen LogP contribution in [0, 0.1) is 11.8 Å². The largest absolute Gasteiger partial charge is 0.391 e. The standard InChI is InChI=1S/C20H25N3O4S/c24-19-12-16-14-22(13-15(16)11-18(19)23-9-4-8-21-23)20(25)7-10-28(26,27)17-5-2-1-3-6-17/h1-6,8-9,15-16,18-19,24H,7,10-14H2/t15-,16+,18-,19-/m1/s1. The Morgan fingerprint density at radius 3 is 2.50 bits per heavy atom. The monoisotopic (exact) mass is 403 g/mol. The molecule has 1 saturated carbocycles. The van der Waals surface area contributed by atoms with Crippen LogP contribution in [-0.4, -0.2) is 59.1 Å². The molecular formula is C20H25N3O4S. The van der Waals surface area contributed by atoms with E-state index < -0.39 is 15.9 Å². The van der Waals surface area contributed by atoms with E-state index in [2.05, 4.69) is 5.10 Å². The van der Waals surface area contributed by atoms with Crippen molar-refractivity contribution >= 4 is 15.7 Å². The molecule has 2 heterocycles. The number of aliphatic hydroxyl groups is 1. The highest BCUT2D eigenvalue weighted by Gasteiger charge is 2.43. The van der Waals surface area contributed by atoms with Crippen LogP contribution >= 0.6 is 0 Å². The first-order chi connectivity index (χ1) is 13.4. The van der Waals surface area contributed by atoms with Crippen molar-refractivity contribution in [1.29, 1.82) is 0 Å². The minimum absolute atomic E-state index is 0.0121. The van der Waals surface area contributed by atoms with Gasteiger partial charge in [0.1, 0.15) is 0 Å². The summed E-state index contributed by atoms with van der Waals surface area (Å²) in [5.41, 5.74) is 0. The second-order valence-corrected chi connectivity index (χ2v) is 9.90. The van der Waals surface area contributed by atoms with E-state index in [0.29, 0.717) is 25.4 Å². The van der Waals surface area contributed by atoms with E-state index >= 15 is 0 Å². The number of nitrogens with zero attached hydrogens (tertiary/aromatic N) is 3. The summed E-state index contributed by atoms with van der Waals surface area (Å²) in [4.78, 5) is 14.7. The van der Waals surface area contributed by atoms with Crippen LogP contribution < -0.4 is 0 Å². The number of aliphatic hydroxyl groups excluding tert-OH is 1. The molecule has 1 amide bonds. The highest BCUT2D eigenvalue weighted by molar-refractivity contribution is 7.91. The van der Waals surface area contributed by atoms with Crippen molar-refractivity contribution in [1.82, 2.24) is 14.7 Å². The van der Waals surface area contributed by atoms with Gasteiger partial charge < -0.3 is 10.0 Å². The highest BCUT2D eigenvalue weighted by atomic mass is 32.2. The highest BCUT2D eigenvalue weighted by Crippen LogP contribution is 2.41. The number of amides is 1. The first kappa shape index (κ1) is 19.1. The Balaban J connectivity index is 1.36. The molecule has 28 heavy (non-hydrogen) atoms. The van der Waals surface area contributed by atoms with Gasteiger partial charge in [-0.15, -0.1) is 0 Å². The van der Waals surface area contributed by atoms with Gasteiger partial charge in [0.15, 0.2) is 9.84 Å². The van der Waals surface area contributed by atoms with Gasteiger partial charge in [0, 0.05) is 31.9 Å². The summed E-state index contributed by atoms with van der Waals surface area (Å²) in [6.07, 6.45) is 4.49. The van der Waals surface area contributed by atoms with Gasteiger partial charge in [0.2, 0.25) is 5.91 Å². The molecule has 0 spiro atoms. The Kier molecular flexibility index (Phi) is 5.25. The van der Waals surface area contributed by atoms with Crippen molar-refractivity contribution < 1.29 is 18.3 Å². The van der Waals surface area contributed by atoms with Crippen LogP contribution in [0.1, 0.15) is 25.3 Å². The first-order valence-electron chi connectivity index (χ1n) is 9.67. The number of hydrogen-bond donors (Lipinski definition) is 1. The van der Waals surface area contributed by atoms with Crippen molar-refractivity contribution in [2.45, 2.75) is 36.3 Å². The maximum Gasteiger partial charge on any atom is 0.223 e. The molecule has 8 heteroatoms. The van der Waals surface area contributed by atoms with Gasteiger partial charge in [0.05, 0.1) is 22.8 Å². The Labute approximate surface area is 164 Å². The summed E-state index contributed by atoms with van der Waals surface area (Å²) in [7, 11) is -3.46. The molecule has 2 fully saturated rings. The van der Waals surface area contributed by atoms with Crippen LogP contribution in [0.25, 0.3) is 0 Å². The average Bonchev–Trinajstić information content (AvgIpc) is 3.35. The lowest BCUT2D eigenvalue weighted by Crippen LogP contribution is -2.36. The molecule has 4 atom stereocenters. The van der Waals surface area contributed by atoms with Gasteiger partial charge in [-0.2, -0.15) is 5.10 Å². The molecule has 2 aliphatic rings. The van der Waals surface area contributed by atoms with E-state index in [9.17, 15) is 18.3 Å². The fraction of sp³-hybridized carbons (Fsp3) is 0.500. The molecule has 0 bridgehead atoms. The van der Waals surface area contributed by atoms with Gasteiger partial charge in [-0.3, -0.25) is 9.48 Å². The predicted octanol–water partition coefficient (Wildman–Crippen LogP) is 1.52. The summed E-state index contributed by atoms with van der Waals surface area (Å²) in [5, 5.41) is 14.8. The summed E-state index contributed by atoms with van der Waals surface area (Å²) in [5.74, 6) is 0.267. The normalized spacial score (nSPS) is 27.5. The minimum atomic E-state index is -3.46. The fourth-order valence-corrected chi connectivity index (χ4v) is 5.75. The van der Waals surface area contributed by atoms with Crippen molar-refractivity contribution in [3.8, 4) is 0 Å². The zero-order valence-electron chi connectivity index (χ0n) is 15.6. The molecule has 7 nitrogen and oxygen atoms in total. The molecule has 0 unspecified atom stereocenters. The Morgan fingerprint density at radius 2 is 1.82 bits per heavy atom. The number of hydrogen-bond acceptors (Lipinski definition) is 5. The summed E-state index contributed by atoms with van der Waals surface area (Å²) in [6.45, 7) is 1.22. The molecule has 4 rings (SSSR count). The molecular weight excluding hydrogens is 378 g/mol. The summed E-state index contributed by atoms with van der Waals surface area (Å²) in [6, 6.07) is 10.0. The van der Waals surface area contributed by atoms with Crippen molar-refractivity contribution in [2.24, 2.45) is 11.8 Å². The maximum absolute atomic E-state index is 12.6. The second kappa shape index (κ2) is 7.67. The third kappa shape index (κ3) is 3.84. The lowest BCUT2D eigenvalue weighted by molar-refractivity contribution is -0.129. The zero-order valence-corrected chi connectivity index (χ0v) is 16.4. The van der Waals surface area contributed by atoms with E-state index in [-0.39, 0.29) is 34.9 Å². The quantitative estimate of drug-likeness (QED) is 0.817. The maximum atomic E-state index is 12.6. The molecule has 1 aliphatic heterocycles. The van der Waals surface area contributed by atoms with Crippen molar-refractivity contribution in [2.75, 3.05) is 18.8 Å². The summed E-state index contributed by atoms with van der Waals surface area (Å²) >= 11 is 0. The first-order valence-corrected chi connectivity index (χ1v) is 11.3. The molecule has 1 N–H and O–H groups in total. The Bertz CT molecular complexity index is 914. The van der Waals surface area contributed by atoms with Gasteiger partial charge in [-0.05, 0) is 42.9 Å². The predicted molar refractivity (Wildman–Crippen MR) is 103 cm³/mol.